The summed E-state index contributed by atoms with van der Waals surface area (Å²) in [5.41, 5.74) is 0.916. The molecule has 1 atom stereocenters. The zero-order valence-corrected chi connectivity index (χ0v) is 10.5. The van der Waals surface area contributed by atoms with E-state index < -0.39 is 0 Å². The predicted octanol–water partition coefficient (Wildman–Crippen LogP) is 2.46. The van der Waals surface area contributed by atoms with Crippen molar-refractivity contribution in [3.8, 4) is 0 Å². The molecule has 0 radical (unpaired) electrons. The largest absolute Gasteiger partial charge is 0.384 e. The van der Waals surface area contributed by atoms with Crippen molar-refractivity contribution in [2.45, 2.75) is 12.8 Å². The second kappa shape index (κ2) is 5.82. The first kappa shape index (κ1) is 12.8. The first-order valence-corrected chi connectivity index (χ1v) is 6.19. The van der Waals surface area contributed by atoms with E-state index >= 15 is 0 Å². The van der Waals surface area contributed by atoms with Gasteiger partial charge in [0, 0.05) is 26.3 Å². The third-order valence-corrected chi connectivity index (χ3v) is 3.34. The van der Waals surface area contributed by atoms with Gasteiger partial charge < -0.3 is 9.64 Å². The number of nitrogens with zero attached hydrogens (tertiary/aromatic N) is 2. The van der Waals surface area contributed by atoms with Crippen LogP contribution in [0.25, 0.3) is 0 Å². The summed E-state index contributed by atoms with van der Waals surface area (Å²) in [5.74, 6) is 0.462. The molecule has 98 valence electrons. The highest BCUT2D eigenvalue weighted by atomic mass is 16.6. The third kappa shape index (κ3) is 2.79. The van der Waals surface area contributed by atoms with Gasteiger partial charge in [0.1, 0.15) is 5.69 Å². The fourth-order valence-electron chi connectivity index (χ4n) is 2.54. The quantitative estimate of drug-likeness (QED) is 0.608. The van der Waals surface area contributed by atoms with E-state index in [-0.39, 0.29) is 10.6 Å². The lowest BCUT2D eigenvalue weighted by Crippen LogP contribution is -2.37. The molecule has 5 heteroatoms. The number of anilines is 1. The van der Waals surface area contributed by atoms with Gasteiger partial charge in [-0.2, -0.15) is 0 Å². The first-order chi connectivity index (χ1) is 8.72. The van der Waals surface area contributed by atoms with Crippen LogP contribution < -0.4 is 4.90 Å². The molecule has 0 N–H and O–H groups in total. The maximum absolute atomic E-state index is 11.0. The molecule has 1 aliphatic heterocycles. The van der Waals surface area contributed by atoms with E-state index in [1.54, 1.807) is 19.2 Å². The number of hydrogen-bond acceptors (Lipinski definition) is 4. The fourth-order valence-corrected chi connectivity index (χ4v) is 2.54. The van der Waals surface area contributed by atoms with E-state index in [1.807, 2.05) is 12.1 Å². The van der Waals surface area contributed by atoms with Crippen molar-refractivity contribution in [1.82, 2.24) is 0 Å². The minimum Gasteiger partial charge on any atom is -0.384 e. The average Bonchev–Trinajstić information content (AvgIpc) is 2.39. The van der Waals surface area contributed by atoms with Crippen LogP contribution in [-0.2, 0) is 4.74 Å². The van der Waals surface area contributed by atoms with Crippen molar-refractivity contribution in [2.75, 3.05) is 31.7 Å². The molecule has 1 aliphatic rings. The number of nitro groups is 1. The Morgan fingerprint density at radius 1 is 1.50 bits per heavy atom. The van der Waals surface area contributed by atoms with Crippen molar-refractivity contribution >= 4 is 11.4 Å². The van der Waals surface area contributed by atoms with Gasteiger partial charge in [0.25, 0.3) is 5.69 Å². The molecular formula is C13H18N2O3. The number of benzene rings is 1. The van der Waals surface area contributed by atoms with Crippen molar-refractivity contribution in [2.24, 2.45) is 5.92 Å². The number of hydrogen-bond donors (Lipinski definition) is 0. The summed E-state index contributed by atoms with van der Waals surface area (Å²) in [6, 6.07) is 6.95. The van der Waals surface area contributed by atoms with Gasteiger partial charge >= 0.3 is 0 Å². The van der Waals surface area contributed by atoms with E-state index in [1.165, 1.54) is 0 Å². The molecule has 1 saturated heterocycles. The van der Waals surface area contributed by atoms with Crippen molar-refractivity contribution in [3.63, 3.8) is 0 Å². The molecule has 1 aromatic carbocycles. The van der Waals surface area contributed by atoms with Gasteiger partial charge in [-0.25, -0.2) is 0 Å². The van der Waals surface area contributed by atoms with E-state index in [4.69, 9.17) is 4.74 Å². The van der Waals surface area contributed by atoms with Crippen molar-refractivity contribution in [3.05, 3.63) is 34.4 Å². The summed E-state index contributed by atoms with van der Waals surface area (Å²) in [6.45, 7) is 2.43. The summed E-state index contributed by atoms with van der Waals surface area (Å²) in [6.07, 6.45) is 2.19. The van der Waals surface area contributed by atoms with Gasteiger partial charge in [-0.15, -0.1) is 0 Å². The molecule has 5 nitrogen and oxygen atoms in total. The second-order valence-electron chi connectivity index (χ2n) is 4.66. The Balaban J connectivity index is 2.18. The van der Waals surface area contributed by atoms with Crippen LogP contribution in [-0.4, -0.2) is 31.7 Å². The highest BCUT2D eigenvalue weighted by Gasteiger charge is 2.24. The lowest BCUT2D eigenvalue weighted by atomic mass is 9.98. The molecule has 1 aromatic rings. The molecule has 0 spiro atoms. The lowest BCUT2D eigenvalue weighted by molar-refractivity contribution is -0.384. The zero-order valence-electron chi connectivity index (χ0n) is 10.5. The molecule has 18 heavy (non-hydrogen) atoms. The van der Waals surface area contributed by atoms with Gasteiger partial charge in [0.2, 0.25) is 0 Å². The van der Waals surface area contributed by atoms with Crippen LogP contribution >= 0.6 is 0 Å². The smallest absolute Gasteiger partial charge is 0.292 e. The topological polar surface area (TPSA) is 55.6 Å². The first-order valence-electron chi connectivity index (χ1n) is 6.19. The summed E-state index contributed by atoms with van der Waals surface area (Å²) in [4.78, 5) is 12.8. The summed E-state index contributed by atoms with van der Waals surface area (Å²) >= 11 is 0. The fraction of sp³-hybridized carbons (Fsp3) is 0.538. The van der Waals surface area contributed by atoms with Crippen LogP contribution in [0.4, 0.5) is 11.4 Å². The SMILES string of the molecule is COC[C@@H]1CCCN(c2ccccc2[N+](=O)[O-])C1. The maximum Gasteiger partial charge on any atom is 0.292 e. The molecule has 1 heterocycles. The maximum atomic E-state index is 11.0. The van der Waals surface area contributed by atoms with Gasteiger partial charge in [-0.05, 0) is 24.8 Å². The number of methoxy groups -OCH3 is 1. The Morgan fingerprint density at radius 3 is 3.00 bits per heavy atom. The van der Waals surface area contributed by atoms with Crippen LogP contribution in [0.5, 0.6) is 0 Å². The highest BCUT2D eigenvalue weighted by molar-refractivity contribution is 5.63. The van der Waals surface area contributed by atoms with Gasteiger partial charge in [-0.3, -0.25) is 10.1 Å². The Kier molecular flexibility index (Phi) is 4.15. The molecule has 1 fully saturated rings. The van der Waals surface area contributed by atoms with Crippen LogP contribution in [0.1, 0.15) is 12.8 Å². The van der Waals surface area contributed by atoms with Crippen LogP contribution in [0, 0.1) is 16.0 Å². The Morgan fingerprint density at radius 2 is 2.28 bits per heavy atom. The van der Waals surface area contributed by atoms with Gasteiger partial charge in [0.05, 0.1) is 11.5 Å². The van der Waals surface area contributed by atoms with E-state index in [2.05, 4.69) is 4.90 Å². The Bertz CT molecular complexity index is 420. The van der Waals surface area contributed by atoms with E-state index in [0.717, 1.165) is 38.2 Å². The van der Waals surface area contributed by atoms with Crippen molar-refractivity contribution < 1.29 is 9.66 Å². The Hall–Kier alpha value is -1.62. The predicted molar refractivity (Wildman–Crippen MR) is 69.9 cm³/mol. The minimum absolute atomic E-state index is 0.190. The second-order valence-corrected chi connectivity index (χ2v) is 4.66. The normalized spacial score (nSPS) is 19.8. The zero-order chi connectivity index (χ0) is 13.0. The monoisotopic (exact) mass is 250 g/mol. The molecular weight excluding hydrogens is 232 g/mol. The summed E-state index contributed by atoms with van der Waals surface area (Å²) in [7, 11) is 1.70. The summed E-state index contributed by atoms with van der Waals surface area (Å²) in [5, 5.41) is 11.0. The van der Waals surface area contributed by atoms with Gasteiger partial charge in [0.15, 0.2) is 0 Å². The average molecular weight is 250 g/mol. The standard InChI is InChI=1S/C13H18N2O3/c1-18-10-11-5-4-8-14(9-11)12-6-2-3-7-13(12)15(16)17/h2-3,6-7,11H,4-5,8-10H2,1H3/t11-/m1/s1. The highest BCUT2D eigenvalue weighted by Crippen LogP contribution is 2.31. The molecule has 0 aliphatic carbocycles. The number of nitro benzene ring substituents is 1. The number of piperidine rings is 1. The number of ether oxygens (including phenoxy) is 1. The molecule has 0 amide bonds. The number of rotatable bonds is 4. The van der Waals surface area contributed by atoms with E-state index in [0.29, 0.717) is 5.92 Å². The molecule has 0 aromatic heterocycles. The molecule has 2 rings (SSSR count). The van der Waals surface area contributed by atoms with Crippen LogP contribution in [0.3, 0.4) is 0 Å². The van der Waals surface area contributed by atoms with Crippen LogP contribution in [0.15, 0.2) is 24.3 Å². The van der Waals surface area contributed by atoms with E-state index in [9.17, 15) is 10.1 Å². The Labute approximate surface area is 107 Å². The third-order valence-electron chi connectivity index (χ3n) is 3.34. The molecule has 0 saturated carbocycles. The molecule has 0 unspecified atom stereocenters. The van der Waals surface area contributed by atoms with Gasteiger partial charge in [-0.1, -0.05) is 12.1 Å². The van der Waals surface area contributed by atoms with Crippen molar-refractivity contribution in [1.29, 1.82) is 0 Å². The number of para-hydroxylation sites is 2. The van der Waals surface area contributed by atoms with Crippen LogP contribution in [0.2, 0.25) is 0 Å². The molecule has 0 bridgehead atoms. The lowest BCUT2D eigenvalue weighted by Gasteiger charge is -2.33. The minimum atomic E-state index is -0.310. The summed E-state index contributed by atoms with van der Waals surface area (Å²) < 4.78 is 5.18.